The number of aliphatic carboxylic acids is 1. The largest absolute Gasteiger partial charge is 0.481 e. The molecule has 0 aromatic heterocycles. The lowest BCUT2D eigenvalue weighted by atomic mass is 9.74. The summed E-state index contributed by atoms with van der Waals surface area (Å²) in [5.74, 6) is -1.38. The predicted octanol–water partition coefficient (Wildman–Crippen LogP) is 3.02. The molecule has 0 heterocycles. The molecule has 0 spiro atoms. The van der Waals surface area contributed by atoms with E-state index in [4.69, 9.17) is 4.74 Å². The Morgan fingerprint density at radius 1 is 1.22 bits per heavy atom. The first-order valence-corrected chi connectivity index (χ1v) is 6.48. The van der Waals surface area contributed by atoms with Crippen LogP contribution in [0.1, 0.15) is 47.5 Å². The molecule has 0 atom stereocenters. The fraction of sp³-hybridized carbons (Fsp3) is 0.714. The molecule has 0 aliphatic heterocycles. The summed E-state index contributed by atoms with van der Waals surface area (Å²) in [6, 6.07) is 0. The van der Waals surface area contributed by atoms with Crippen molar-refractivity contribution in [2.24, 2.45) is 11.3 Å². The molecule has 0 aliphatic rings. The van der Waals surface area contributed by atoms with Gasteiger partial charge in [0.05, 0.1) is 17.6 Å². The van der Waals surface area contributed by atoms with Gasteiger partial charge in [-0.1, -0.05) is 33.8 Å². The average Bonchev–Trinajstić information content (AvgIpc) is 2.29. The summed E-state index contributed by atoms with van der Waals surface area (Å²) in [4.78, 5) is 23.6. The van der Waals surface area contributed by atoms with Crippen LogP contribution in [0.25, 0.3) is 0 Å². The first-order chi connectivity index (χ1) is 8.35. The number of hydrogen-bond acceptors (Lipinski definition) is 3. The molecule has 0 saturated carbocycles. The minimum absolute atomic E-state index is 0.0984. The molecule has 1 N–H and O–H groups in total. The summed E-state index contributed by atoms with van der Waals surface area (Å²) >= 11 is 0. The molecule has 0 aromatic carbocycles. The molecule has 0 saturated heterocycles. The standard InChI is InChI=1S/C14H24O4/c1-6-14(7-2,13(16)17)11(9-10(4)5)12(15)18-8-3/h9-10H,6-8H2,1-5H3,(H,16,17). The van der Waals surface area contributed by atoms with Gasteiger partial charge >= 0.3 is 11.9 Å². The van der Waals surface area contributed by atoms with E-state index in [-0.39, 0.29) is 18.1 Å². The van der Waals surface area contributed by atoms with E-state index >= 15 is 0 Å². The number of carboxylic acid groups (broad SMARTS) is 1. The molecule has 0 unspecified atom stereocenters. The van der Waals surface area contributed by atoms with Crippen molar-refractivity contribution in [1.82, 2.24) is 0 Å². The third-order valence-corrected chi connectivity index (χ3v) is 3.13. The molecule has 0 aliphatic carbocycles. The number of ether oxygens (including phenoxy) is 1. The van der Waals surface area contributed by atoms with Crippen LogP contribution in [0.15, 0.2) is 11.6 Å². The lowest BCUT2D eigenvalue weighted by Crippen LogP contribution is -2.36. The fourth-order valence-electron chi connectivity index (χ4n) is 2.01. The molecular weight excluding hydrogens is 232 g/mol. The van der Waals surface area contributed by atoms with Crippen LogP contribution in [-0.4, -0.2) is 23.7 Å². The van der Waals surface area contributed by atoms with Gasteiger partial charge in [-0.25, -0.2) is 4.79 Å². The zero-order chi connectivity index (χ0) is 14.3. The summed E-state index contributed by atoms with van der Waals surface area (Å²) in [7, 11) is 0. The van der Waals surface area contributed by atoms with Crippen molar-refractivity contribution in [2.45, 2.75) is 47.5 Å². The highest BCUT2D eigenvalue weighted by Crippen LogP contribution is 2.37. The summed E-state index contributed by atoms with van der Waals surface area (Å²) in [6.45, 7) is 9.35. The summed E-state index contributed by atoms with van der Waals surface area (Å²) in [5.41, 5.74) is -0.867. The maximum Gasteiger partial charge on any atom is 0.334 e. The molecule has 0 radical (unpaired) electrons. The number of rotatable bonds is 7. The van der Waals surface area contributed by atoms with Gasteiger partial charge in [-0.15, -0.1) is 0 Å². The highest BCUT2D eigenvalue weighted by atomic mass is 16.5. The second-order valence-electron chi connectivity index (χ2n) is 4.64. The van der Waals surface area contributed by atoms with Crippen molar-refractivity contribution in [3.05, 3.63) is 11.6 Å². The minimum Gasteiger partial charge on any atom is -0.481 e. The number of carbonyl (C=O) groups excluding carboxylic acids is 1. The van der Waals surface area contributed by atoms with Gasteiger partial charge in [0.1, 0.15) is 0 Å². The number of carboxylic acids is 1. The van der Waals surface area contributed by atoms with Gasteiger partial charge in [0.25, 0.3) is 0 Å². The zero-order valence-corrected chi connectivity index (χ0v) is 11.9. The molecule has 18 heavy (non-hydrogen) atoms. The van der Waals surface area contributed by atoms with Crippen molar-refractivity contribution in [3.63, 3.8) is 0 Å². The van der Waals surface area contributed by atoms with Crippen LogP contribution in [-0.2, 0) is 14.3 Å². The van der Waals surface area contributed by atoms with Crippen molar-refractivity contribution in [2.75, 3.05) is 6.61 Å². The smallest absolute Gasteiger partial charge is 0.334 e. The second kappa shape index (κ2) is 7.19. The summed E-state index contributed by atoms with van der Waals surface area (Å²) in [6.07, 6.45) is 2.45. The van der Waals surface area contributed by atoms with E-state index in [1.165, 1.54) is 0 Å². The van der Waals surface area contributed by atoms with E-state index in [2.05, 4.69) is 0 Å². The SMILES string of the molecule is CCOC(=O)C(=CC(C)C)C(CC)(CC)C(=O)O. The topological polar surface area (TPSA) is 63.6 Å². The predicted molar refractivity (Wildman–Crippen MR) is 70.2 cm³/mol. The quantitative estimate of drug-likeness (QED) is 0.561. The van der Waals surface area contributed by atoms with Crippen molar-refractivity contribution in [3.8, 4) is 0 Å². The van der Waals surface area contributed by atoms with E-state index in [9.17, 15) is 14.7 Å². The Morgan fingerprint density at radius 2 is 1.72 bits per heavy atom. The molecule has 0 fully saturated rings. The molecule has 4 heteroatoms. The highest BCUT2D eigenvalue weighted by Gasteiger charge is 2.42. The monoisotopic (exact) mass is 256 g/mol. The van der Waals surface area contributed by atoms with Crippen LogP contribution >= 0.6 is 0 Å². The second-order valence-corrected chi connectivity index (χ2v) is 4.64. The Balaban J connectivity index is 5.66. The molecule has 0 amide bonds. The maximum atomic E-state index is 12.0. The summed E-state index contributed by atoms with van der Waals surface area (Å²) in [5, 5.41) is 9.48. The van der Waals surface area contributed by atoms with Gasteiger partial charge in [-0.3, -0.25) is 4.79 Å². The minimum atomic E-state index is -1.14. The van der Waals surface area contributed by atoms with Crippen LogP contribution in [0.3, 0.4) is 0 Å². The highest BCUT2D eigenvalue weighted by molar-refractivity contribution is 5.97. The molecule has 104 valence electrons. The third kappa shape index (κ3) is 3.59. The van der Waals surface area contributed by atoms with Gasteiger partial charge in [-0.2, -0.15) is 0 Å². The van der Waals surface area contributed by atoms with E-state index in [0.29, 0.717) is 12.8 Å². The number of hydrogen-bond donors (Lipinski definition) is 1. The lowest BCUT2D eigenvalue weighted by molar-refractivity contribution is -0.152. The van der Waals surface area contributed by atoms with Crippen LogP contribution in [0.4, 0.5) is 0 Å². The Labute approximate surface area is 109 Å². The third-order valence-electron chi connectivity index (χ3n) is 3.13. The van der Waals surface area contributed by atoms with E-state index in [1.807, 2.05) is 13.8 Å². The lowest BCUT2D eigenvalue weighted by Gasteiger charge is -2.29. The van der Waals surface area contributed by atoms with Gasteiger partial charge in [-0.05, 0) is 25.7 Å². The zero-order valence-electron chi connectivity index (χ0n) is 11.9. The maximum absolute atomic E-state index is 12.0. The van der Waals surface area contributed by atoms with Crippen LogP contribution in [0.2, 0.25) is 0 Å². The summed E-state index contributed by atoms with van der Waals surface area (Å²) < 4.78 is 4.99. The van der Waals surface area contributed by atoms with E-state index in [0.717, 1.165) is 0 Å². The Hall–Kier alpha value is -1.32. The van der Waals surface area contributed by atoms with E-state index in [1.54, 1.807) is 26.8 Å². The average molecular weight is 256 g/mol. The molecule has 0 bridgehead atoms. The van der Waals surface area contributed by atoms with Crippen molar-refractivity contribution in [1.29, 1.82) is 0 Å². The van der Waals surface area contributed by atoms with Crippen LogP contribution < -0.4 is 0 Å². The van der Waals surface area contributed by atoms with E-state index < -0.39 is 17.4 Å². The normalized spacial score (nSPS) is 12.7. The Kier molecular flexibility index (Phi) is 6.66. The molecule has 0 aromatic rings. The number of carbonyl (C=O) groups is 2. The van der Waals surface area contributed by atoms with Crippen molar-refractivity contribution < 1.29 is 19.4 Å². The number of esters is 1. The number of allylic oxidation sites excluding steroid dienone is 1. The van der Waals surface area contributed by atoms with Crippen molar-refractivity contribution >= 4 is 11.9 Å². The van der Waals surface area contributed by atoms with Gasteiger partial charge in [0.2, 0.25) is 0 Å². The Bertz CT molecular complexity index is 325. The molecule has 0 rings (SSSR count). The fourth-order valence-corrected chi connectivity index (χ4v) is 2.01. The first-order valence-electron chi connectivity index (χ1n) is 6.48. The first kappa shape index (κ1) is 16.7. The molecular formula is C14H24O4. The van der Waals surface area contributed by atoms with Crippen LogP contribution in [0, 0.1) is 11.3 Å². The van der Waals surface area contributed by atoms with Gasteiger partial charge in [0.15, 0.2) is 0 Å². The van der Waals surface area contributed by atoms with Crippen LogP contribution in [0.5, 0.6) is 0 Å². The Morgan fingerprint density at radius 3 is 2.00 bits per heavy atom. The van der Waals surface area contributed by atoms with Gasteiger partial charge < -0.3 is 9.84 Å². The molecule has 4 nitrogen and oxygen atoms in total. The van der Waals surface area contributed by atoms with Gasteiger partial charge in [0, 0.05) is 0 Å².